The molecule has 3 rings (SSSR count). The summed E-state index contributed by atoms with van der Waals surface area (Å²) < 4.78 is 14.5. The van der Waals surface area contributed by atoms with Crippen LogP contribution in [-0.2, 0) is 0 Å². The zero-order valence-electron chi connectivity index (χ0n) is 8.51. The molecular formula is C11H8FN3S. The Morgan fingerprint density at radius 1 is 1.25 bits per heavy atom. The van der Waals surface area contributed by atoms with Crippen LogP contribution in [0.15, 0.2) is 30.5 Å². The standard InChI is InChI=1S/C11H8FN3S/c1-7-14-15-6-10(13-11(15)16-7)8-2-4-9(12)5-3-8/h2-6H,1H3. The molecule has 0 N–H and O–H groups in total. The summed E-state index contributed by atoms with van der Waals surface area (Å²) in [6.45, 7) is 1.94. The minimum absolute atomic E-state index is 0.237. The number of imidazole rings is 1. The van der Waals surface area contributed by atoms with Gasteiger partial charge in [0.15, 0.2) is 0 Å². The summed E-state index contributed by atoms with van der Waals surface area (Å²) in [5, 5.41) is 5.26. The molecule has 0 unspecified atom stereocenters. The van der Waals surface area contributed by atoms with Gasteiger partial charge in [0.1, 0.15) is 10.8 Å². The van der Waals surface area contributed by atoms with E-state index in [1.165, 1.54) is 23.5 Å². The van der Waals surface area contributed by atoms with Crippen LogP contribution in [0.5, 0.6) is 0 Å². The summed E-state index contributed by atoms with van der Waals surface area (Å²) in [6, 6.07) is 6.30. The molecule has 0 bridgehead atoms. The van der Waals surface area contributed by atoms with Crippen molar-refractivity contribution in [2.24, 2.45) is 0 Å². The first-order chi connectivity index (χ1) is 7.72. The summed E-state index contributed by atoms with van der Waals surface area (Å²) in [7, 11) is 0. The van der Waals surface area contributed by atoms with Crippen LogP contribution in [0.3, 0.4) is 0 Å². The summed E-state index contributed by atoms with van der Waals surface area (Å²) in [5.74, 6) is -0.237. The predicted molar refractivity (Wildman–Crippen MR) is 61.0 cm³/mol. The maximum absolute atomic E-state index is 12.8. The molecule has 0 saturated heterocycles. The van der Waals surface area contributed by atoms with Crippen molar-refractivity contribution in [2.45, 2.75) is 6.92 Å². The number of aromatic nitrogens is 3. The third kappa shape index (κ3) is 1.49. The zero-order valence-corrected chi connectivity index (χ0v) is 9.33. The van der Waals surface area contributed by atoms with Crippen molar-refractivity contribution in [1.29, 1.82) is 0 Å². The highest BCUT2D eigenvalue weighted by atomic mass is 32.1. The number of halogens is 1. The predicted octanol–water partition coefficient (Wildman–Crippen LogP) is 2.91. The van der Waals surface area contributed by atoms with Crippen LogP contribution in [0.25, 0.3) is 16.2 Å². The Balaban J connectivity index is 2.11. The first-order valence-electron chi connectivity index (χ1n) is 4.81. The lowest BCUT2D eigenvalue weighted by Gasteiger charge is -1.94. The Labute approximate surface area is 95.2 Å². The van der Waals surface area contributed by atoms with Gasteiger partial charge in [-0.15, -0.1) is 0 Å². The average molecular weight is 233 g/mol. The molecule has 80 valence electrons. The molecule has 0 radical (unpaired) electrons. The van der Waals surface area contributed by atoms with E-state index >= 15 is 0 Å². The maximum atomic E-state index is 12.8. The molecule has 0 amide bonds. The van der Waals surface area contributed by atoms with E-state index < -0.39 is 0 Å². The number of fused-ring (bicyclic) bond motifs is 1. The number of benzene rings is 1. The smallest absolute Gasteiger partial charge is 0.212 e. The number of hydrogen-bond donors (Lipinski definition) is 0. The SMILES string of the molecule is Cc1nn2cc(-c3ccc(F)cc3)nc2s1. The first kappa shape index (κ1) is 9.47. The molecular weight excluding hydrogens is 225 g/mol. The molecule has 3 nitrogen and oxygen atoms in total. The topological polar surface area (TPSA) is 30.2 Å². The number of hydrogen-bond acceptors (Lipinski definition) is 3. The molecule has 0 saturated carbocycles. The second-order valence-corrected chi connectivity index (χ2v) is 4.64. The van der Waals surface area contributed by atoms with Crippen LogP contribution in [0.1, 0.15) is 5.01 Å². The maximum Gasteiger partial charge on any atom is 0.212 e. The van der Waals surface area contributed by atoms with Gasteiger partial charge in [-0.3, -0.25) is 0 Å². The van der Waals surface area contributed by atoms with Crippen LogP contribution in [0, 0.1) is 12.7 Å². The largest absolute Gasteiger partial charge is 0.217 e. The van der Waals surface area contributed by atoms with E-state index in [2.05, 4.69) is 10.1 Å². The fourth-order valence-corrected chi connectivity index (χ4v) is 2.28. The van der Waals surface area contributed by atoms with Crippen molar-refractivity contribution in [3.05, 3.63) is 41.3 Å². The van der Waals surface area contributed by atoms with Crippen molar-refractivity contribution in [1.82, 2.24) is 14.6 Å². The van der Waals surface area contributed by atoms with Crippen LogP contribution in [-0.4, -0.2) is 14.6 Å². The first-order valence-corrected chi connectivity index (χ1v) is 5.63. The molecule has 16 heavy (non-hydrogen) atoms. The lowest BCUT2D eigenvalue weighted by molar-refractivity contribution is 0.628. The fourth-order valence-electron chi connectivity index (χ4n) is 1.56. The molecule has 0 spiro atoms. The van der Waals surface area contributed by atoms with Gasteiger partial charge in [0.05, 0.1) is 11.9 Å². The third-order valence-electron chi connectivity index (χ3n) is 2.28. The van der Waals surface area contributed by atoms with Crippen LogP contribution < -0.4 is 0 Å². The Kier molecular flexibility index (Phi) is 2.00. The molecule has 0 aliphatic heterocycles. The highest BCUT2D eigenvalue weighted by molar-refractivity contribution is 7.16. The number of nitrogens with zero attached hydrogens (tertiary/aromatic N) is 3. The highest BCUT2D eigenvalue weighted by Gasteiger charge is 2.07. The van der Waals surface area contributed by atoms with E-state index in [1.807, 2.05) is 13.1 Å². The third-order valence-corrected chi connectivity index (χ3v) is 3.12. The molecule has 3 aromatic rings. The Bertz CT molecular complexity index is 607. The molecule has 0 atom stereocenters. The zero-order chi connectivity index (χ0) is 11.1. The minimum Gasteiger partial charge on any atom is -0.217 e. The molecule has 0 aliphatic carbocycles. The van der Waals surface area contributed by atoms with Gasteiger partial charge in [-0.2, -0.15) is 5.10 Å². The van der Waals surface area contributed by atoms with Crippen molar-refractivity contribution >= 4 is 16.3 Å². The second-order valence-electron chi connectivity index (χ2n) is 3.48. The van der Waals surface area contributed by atoms with E-state index in [9.17, 15) is 4.39 Å². The van der Waals surface area contributed by atoms with Gasteiger partial charge in [-0.05, 0) is 31.2 Å². The van der Waals surface area contributed by atoms with Gasteiger partial charge in [-0.25, -0.2) is 13.9 Å². The second kappa shape index (κ2) is 3.38. The average Bonchev–Trinajstić information content (AvgIpc) is 2.75. The summed E-state index contributed by atoms with van der Waals surface area (Å²) in [6.07, 6.45) is 1.85. The van der Waals surface area contributed by atoms with Gasteiger partial charge in [0, 0.05) is 5.56 Å². The van der Waals surface area contributed by atoms with Gasteiger partial charge >= 0.3 is 0 Å². The van der Waals surface area contributed by atoms with Crippen molar-refractivity contribution in [3.8, 4) is 11.3 Å². The van der Waals surface area contributed by atoms with E-state index in [1.54, 1.807) is 16.6 Å². The van der Waals surface area contributed by atoms with Crippen LogP contribution in [0.4, 0.5) is 4.39 Å². The monoisotopic (exact) mass is 233 g/mol. The van der Waals surface area contributed by atoms with E-state index in [0.717, 1.165) is 21.2 Å². The van der Waals surface area contributed by atoms with Gasteiger partial charge in [0.2, 0.25) is 4.96 Å². The molecule has 0 fully saturated rings. The Hall–Kier alpha value is -1.75. The Morgan fingerprint density at radius 3 is 2.69 bits per heavy atom. The lowest BCUT2D eigenvalue weighted by atomic mass is 10.2. The molecule has 0 aliphatic rings. The van der Waals surface area contributed by atoms with Gasteiger partial charge in [-0.1, -0.05) is 11.3 Å². The summed E-state index contributed by atoms with van der Waals surface area (Å²) in [5.41, 5.74) is 1.72. The van der Waals surface area contributed by atoms with Crippen molar-refractivity contribution in [2.75, 3.05) is 0 Å². The summed E-state index contributed by atoms with van der Waals surface area (Å²) >= 11 is 1.54. The van der Waals surface area contributed by atoms with E-state index in [4.69, 9.17) is 0 Å². The van der Waals surface area contributed by atoms with Gasteiger partial charge in [0.25, 0.3) is 0 Å². The van der Waals surface area contributed by atoms with Crippen LogP contribution in [0.2, 0.25) is 0 Å². The van der Waals surface area contributed by atoms with E-state index in [0.29, 0.717) is 0 Å². The lowest BCUT2D eigenvalue weighted by Crippen LogP contribution is -1.80. The van der Waals surface area contributed by atoms with Gasteiger partial charge < -0.3 is 0 Å². The van der Waals surface area contributed by atoms with Crippen molar-refractivity contribution < 1.29 is 4.39 Å². The molecule has 2 heterocycles. The number of rotatable bonds is 1. The van der Waals surface area contributed by atoms with Crippen molar-refractivity contribution in [3.63, 3.8) is 0 Å². The fraction of sp³-hybridized carbons (Fsp3) is 0.0909. The summed E-state index contributed by atoms with van der Waals surface area (Å²) in [4.78, 5) is 5.29. The number of aryl methyl sites for hydroxylation is 1. The molecule has 5 heteroatoms. The van der Waals surface area contributed by atoms with Crippen LogP contribution >= 0.6 is 11.3 Å². The minimum atomic E-state index is -0.237. The molecule has 2 aromatic heterocycles. The normalized spacial score (nSPS) is 11.1. The quantitative estimate of drug-likeness (QED) is 0.647. The van der Waals surface area contributed by atoms with E-state index in [-0.39, 0.29) is 5.82 Å². The Morgan fingerprint density at radius 2 is 2.00 bits per heavy atom. The molecule has 1 aromatic carbocycles. The highest BCUT2D eigenvalue weighted by Crippen LogP contribution is 2.21.